The average Bonchev–Trinajstić information content (AvgIpc) is 2.67. The summed E-state index contributed by atoms with van der Waals surface area (Å²) in [6, 6.07) is 9.73. The molecule has 3 rings (SSSR count). The lowest BCUT2D eigenvalue weighted by Crippen LogP contribution is -2.33. The summed E-state index contributed by atoms with van der Waals surface area (Å²) in [5.41, 5.74) is 0.844. The molecule has 1 atom stereocenters. The topological polar surface area (TPSA) is 90.9 Å². The molecule has 0 fully saturated rings. The van der Waals surface area contributed by atoms with E-state index in [0.29, 0.717) is 46.7 Å². The number of amides is 1. The third kappa shape index (κ3) is 4.34. The van der Waals surface area contributed by atoms with Crippen LogP contribution in [0.15, 0.2) is 36.4 Å². The average molecular weight is 426 g/mol. The number of fused-ring (bicyclic) bond motifs is 1. The second-order valence-corrected chi connectivity index (χ2v) is 8.96. The van der Waals surface area contributed by atoms with Gasteiger partial charge in [0.15, 0.2) is 21.3 Å². The van der Waals surface area contributed by atoms with Crippen molar-refractivity contribution in [3.63, 3.8) is 0 Å². The number of para-hydroxylation sites is 1. The number of hydrogen-bond acceptors (Lipinski definition) is 6. The highest BCUT2D eigenvalue weighted by molar-refractivity contribution is 7.92. The molecule has 1 N–H and O–H groups in total. The standard InChI is InChI=1S/C19H20ClNO6S/c1-12(19(22)21-14-6-7-16(25-2)15(20)10-14)28(23,24)11-13-4-3-5-17-18(13)27-9-8-26-17/h3-7,10,12H,8-9,11H2,1-2H3,(H,21,22). The van der Waals surface area contributed by atoms with Gasteiger partial charge in [0.2, 0.25) is 5.91 Å². The van der Waals surface area contributed by atoms with Crippen LogP contribution in [0.3, 0.4) is 0 Å². The Morgan fingerprint density at radius 1 is 1.25 bits per heavy atom. The minimum absolute atomic E-state index is 0.309. The molecule has 7 nitrogen and oxygen atoms in total. The first-order valence-corrected chi connectivity index (χ1v) is 10.6. The van der Waals surface area contributed by atoms with Gasteiger partial charge in [-0.3, -0.25) is 4.79 Å². The smallest absolute Gasteiger partial charge is 0.242 e. The molecular formula is C19H20ClNO6S. The van der Waals surface area contributed by atoms with Gasteiger partial charge in [-0.25, -0.2) is 8.42 Å². The molecule has 0 saturated carbocycles. The molecule has 0 aliphatic carbocycles. The van der Waals surface area contributed by atoms with Gasteiger partial charge in [0.1, 0.15) is 24.2 Å². The first kappa shape index (κ1) is 20.3. The number of ether oxygens (including phenoxy) is 3. The molecule has 1 unspecified atom stereocenters. The molecule has 9 heteroatoms. The highest BCUT2D eigenvalue weighted by Crippen LogP contribution is 2.35. The van der Waals surface area contributed by atoms with Gasteiger partial charge in [0, 0.05) is 11.3 Å². The van der Waals surface area contributed by atoms with Crippen molar-refractivity contribution in [1.29, 1.82) is 0 Å². The lowest BCUT2D eigenvalue weighted by atomic mass is 10.2. The van der Waals surface area contributed by atoms with E-state index >= 15 is 0 Å². The molecule has 0 spiro atoms. The minimum Gasteiger partial charge on any atom is -0.495 e. The van der Waals surface area contributed by atoms with E-state index < -0.39 is 21.0 Å². The second-order valence-electron chi connectivity index (χ2n) is 6.23. The predicted octanol–water partition coefficient (Wildman–Crippen LogP) is 3.06. The fourth-order valence-corrected chi connectivity index (χ4v) is 4.29. The maximum Gasteiger partial charge on any atom is 0.242 e. The van der Waals surface area contributed by atoms with Gasteiger partial charge >= 0.3 is 0 Å². The highest BCUT2D eigenvalue weighted by Gasteiger charge is 2.30. The summed E-state index contributed by atoms with van der Waals surface area (Å²) in [5, 5.41) is 1.61. The van der Waals surface area contributed by atoms with E-state index in [9.17, 15) is 13.2 Å². The first-order valence-electron chi connectivity index (χ1n) is 8.55. The zero-order valence-corrected chi connectivity index (χ0v) is 17.0. The summed E-state index contributed by atoms with van der Waals surface area (Å²) in [4.78, 5) is 12.5. The highest BCUT2D eigenvalue weighted by atomic mass is 35.5. The molecular weight excluding hydrogens is 406 g/mol. The Bertz CT molecular complexity index is 992. The Morgan fingerprint density at radius 3 is 2.71 bits per heavy atom. The Balaban J connectivity index is 1.75. The summed E-state index contributed by atoms with van der Waals surface area (Å²) in [7, 11) is -2.32. The summed E-state index contributed by atoms with van der Waals surface area (Å²) >= 11 is 6.04. The van der Waals surface area contributed by atoms with Gasteiger partial charge in [-0.05, 0) is 31.2 Å². The maximum atomic E-state index is 12.8. The van der Waals surface area contributed by atoms with Crippen molar-refractivity contribution >= 4 is 33.0 Å². The number of anilines is 1. The van der Waals surface area contributed by atoms with Crippen molar-refractivity contribution < 1.29 is 27.4 Å². The summed E-state index contributed by atoms with van der Waals surface area (Å²) < 4.78 is 41.6. The lowest BCUT2D eigenvalue weighted by molar-refractivity contribution is -0.115. The number of sulfone groups is 1. The van der Waals surface area contributed by atoms with Gasteiger partial charge in [-0.1, -0.05) is 23.7 Å². The van der Waals surface area contributed by atoms with Crippen LogP contribution in [-0.2, 0) is 20.4 Å². The van der Waals surface area contributed by atoms with E-state index in [-0.39, 0.29) is 5.75 Å². The van der Waals surface area contributed by atoms with Crippen LogP contribution in [0.25, 0.3) is 0 Å². The summed E-state index contributed by atoms with van der Waals surface area (Å²) in [6.45, 7) is 2.10. The Hall–Kier alpha value is -2.45. The van der Waals surface area contributed by atoms with Crippen molar-refractivity contribution in [2.75, 3.05) is 25.6 Å². The SMILES string of the molecule is COc1ccc(NC(=O)C(C)S(=O)(=O)Cc2cccc3c2OCCO3)cc1Cl. The molecule has 150 valence electrons. The van der Waals surface area contributed by atoms with Crippen LogP contribution in [0.5, 0.6) is 17.2 Å². The van der Waals surface area contributed by atoms with E-state index in [2.05, 4.69) is 5.32 Å². The molecule has 1 heterocycles. The van der Waals surface area contributed by atoms with Crippen molar-refractivity contribution in [1.82, 2.24) is 0 Å². The monoisotopic (exact) mass is 425 g/mol. The Morgan fingerprint density at radius 2 is 2.00 bits per heavy atom. The number of nitrogens with one attached hydrogen (secondary N) is 1. The largest absolute Gasteiger partial charge is 0.495 e. The van der Waals surface area contributed by atoms with Crippen LogP contribution in [0, 0.1) is 0 Å². The molecule has 2 aromatic carbocycles. The lowest BCUT2D eigenvalue weighted by Gasteiger charge is -2.21. The second kappa shape index (κ2) is 8.28. The summed E-state index contributed by atoms with van der Waals surface area (Å²) in [6.07, 6.45) is 0. The van der Waals surface area contributed by atoms with E-state index in [1.807, 2.05) is 0 Å². The number of methoxy groups -OCH3 is 1. The predicted molar refractivity (Wildman–Crippen MR) is 106 cm³/mol. The van der Waals surface area contributed by atoms with E-state index in [1.165, 1.54) is 20.1 Å². The third-order valence-electron chi connectivity index (χ3n) is 4.33. The maximum absolute atomic E-state index is 12.8. The quantitative estimate of drug-likeness (QED) is 0.764. The van der Waals surface area contributed by atoms with Crippen LogP contribution in [-0.4, -0.2) is 39.9 Å². The molecule has 1 aliphatic rings. The van der Waals surface area contributed by atoms with Gasteiger partial charge < -0.3 is 19.5 Å². The number of carbonyl (C=O) groups is 1. The van der Waals surface area contributed by atoms with Gasteiger partial charge in [0.25, 0.3) is 0 Å². The normalized spacial score (nSPS) is 14.2. The van der Waals surface area contributed by atoms with Crippen LogP contribution in [0.1, 0.15) is 12.5 Å². The fraction of sp³-hybridized carbons (Fsp3) is 0.316. The Labute approximate surface area is 168 Å². The van der Waals surface area contributed by atoms with Gasteiger partial charge in [0.05, 0.1) is 17.9 Å². The molecule has 28 heavy (non-hydrogen) atoms. The Kier molecular flexibility index (Phi) is 6.00. The van der Waals surface area contributed by atoms with Gasteiger partial charge in [-0.15, -0.1) is 0 Å². The summed E-state index contributed by atoms with van der Waals surface area (Å²) in [5.74, 6) is 0.382. The minimum atomic E-state index is -3.79. The third-order valence-corrected chi connectivity index (χ3v) is 6.63. The van der Waals surface area contributed by atoms with Crippen molar-refractivity contribution in [3.8, 4) is 17.2 Å². The number of benzene rings is 2. The molecule has 0 radical (unpaired) electrons. The number of carbonyl (C=O) groups excluding carboxylic acids is 1. The fourth-order valence-electron chi connectivity index (χ4n) is 2.74. The molecule has 0 bridgehead atoms. The number of rotatable bonds is 6. The molecule has 2 aromatic rings. The van der Waals surface area contributed by atoms with Crippen LogP contribution in [0.2, 0.25) is 5.02 Å². The molecule has 1 amide bonds. The molecule has 0 aromatic heterocycles. The molecule has 1 aliphatic heterocycles. The van der Waals surface area contributed by atoms with E-state index in [0.717, 1.165) is 0 Å². The first-order chi connectivity index (χ1) is 13.3. The van der Waals surface area contributed by atoms with E-state index in [1.54, 1.807) is 30.3 Å². The number of hydrogen-bond donors (Lipinski definition) is 1. The van der Waals surface area contributed by atoms with Crippen molar-refractivity contribution in [2.45, 2.75) is 17.9 Å². The van der Waals surface area contributed by atoms with Gasteiger partial charge in [-0.2, -0.15) is 0 Å². The van der Waals surface area contributed by atoms with Crippen LogP contribution < -0.4 is 19.5 Å². The van der Waals surface area contributed by atoms with Crippen molar-refractivity contribution in [2.24, 2.45) is 0 Å². The van der Waals surface area contributed by atoms with Crippen molar-refractivity contribution in [3.05, 3.63) is 47.0 Å². The number of halogens is 1. The zero-order chi connectivity index (χ0) is 20.3. The van der Waals surface area contributed by atoms with E-state index in [4.69, 9.17) is 25.8 Å². The van der Waals surface area contributed by atoms with Crippen LogP contribution >= 0.6 is 11.6 Å². The van der Waals surface area contributed by atoms with Crippen LogP contribution in [0.4, 0.5) is 5.69 Å². The molecule has 0 saturated heterocycles. The zero-order valence-electron chi connectivity index (χ0n) is 15.4.